The lowest BCUT2D eigenvalue weighted by molar-refractivity contribution is 0.00578. The van der Waals surface area contributed by atoms with E-state index in [0.717, 1.165) is 17.8 Å². The molecule has 0 saturated carbocycles. The maximum atomic E-state index is 6.10. The van der Waals surface area contributed by atoms with Gasteiger partial charge in [-0.3, -0.25) is 0 Å². The van der Waals surface area contributed by atoms with Crippen LogP contribution in [0, 0.1) is 0 Å². The summed E-state index contributed by atoms with van der Waals surface area (Å²) in [6.07, 6.45) is 3.84. The summed E-state index contributed by atoms with van der Waals surface area (Å²) in [6, 6.07) is 4.29. The van der Waals surface area contributed by atoms with Crippen molar-refractivity contribution in [2.45, 2.75) is 64.3 Å². The highest BCUT2D eigenvalue weighted by molar-refractivity contribution is 7.22. The molecule has 1 aromatic heterocycles. The standard InChI is InChI=1S/C15H23BO3S/c1-14(2)15(3,4)19-16(18-14)13-9-8-12(20-13)11-7-5-6-10-17-11/h8-9,11H,5-7,10H2,1-4H3. The molecule has 3 rings (SSSR count). The van der Waals surface area contributed by atoms with Crippen molar-refractivity contribution in [3.63, 3.8) is 0 Å². The molecule has 0 aliphatic carbocycles. The number of hydrogen-bond donors (Lipinski definition) is 0. The van der Waals surface area contributed by atoms with Crippen molar-refractivity contribution in [3.8, 4) is 0 Å². The summed E-state index contributed by atoms with van der Waals surface area (Å²) in [6.45, 7) is 9.24. The molecule has 0 N–H and O–H groups in total. The Morgan fingerprint density at radius 1 is 1.10 bits per heavy atom. The van der Waals surface area contributed by atoms with Gasteiger partial charge in [-0.05, 0) is 53.0 Å². The molecule has 0 bridgehead atoms. The van der Waals surface area contributed by atoms with Crippen LogP contribution >= 0.6 is 11.3 Å². The Morgan fingerprint density at radius 2 is 1.80 bits per heavy atom. The fraction of sp³-hybridized carbons (Fsp3) is 0.733. The van der Waals surface area contributed by atoms with E-state index >= 15 is 0 Å². The van der Waals surface area contributed by atoms with Gasteiger partial charge >= 0.3 is 7.12 Å². The topological polar surface area (TPSA) is 27.7 Å². The van der Waals surface area contributed by atoms with E-state index in [-0.39, 0.29) is 24.4 Å². The first-order valence-electron chi connectivity index (χ1n) is 7.46. The Hall–Kier alpha value is -0.355. The van der Waals surface area contributed by atoms with Crippen molar-refractivity contribution < 1.29 is 14.0 Å². The third-order valence-corrected chi connectivity index (χ3v) is 5.83. The average Bonchev–Trinajstić information content (AvgIpc) is 2.94. The number of ether oxygens (including phenoxy) is 1. The molecule has 1 aromatic rings. The van der Waals surface area contributed by atoms with Gasteiger partial charge in [0.15, 0.2) is 0 Å². The number of hydrogen-bond acceptors (Lipinski definition) is 4. The highest BCUT2D eigenvalue weighted by atomic mass is 32.1. The molecule has 3 nitrogen and oxygen atoms in total. The number of rotatable bonds is 2. The van der Waals surface area contributed by atoms with Gasteiger partial charge < -0.3 is 14.0 Å². The number of thiophene rings is 1. The van der Waals surface area contributed by atoms with Gasteiger partial charge in [0.05, 0.1) is 17.3 Å². The van der Waals surface area contributed by atoms with Crippen LogP contribution < -0.4 is 4.78 Å². The molecule has 0 amide bonds. The summed E-state index contributed by atoms with van der Waals surface area (Å²) in [7, 11) is -0.248. The van der Waals surface area contributed by atoms with Crippen LogP contribution in [0.25, 0.3) is 0 Å². The fourth-order valence-corrected chi connectivity index (χ4v) is 3.65. The molecule has 2 saturated heterocycles. The largest absolute Gasteiger partial charge is 0.505 e. The third kappa shape index (κ3) is 2.57. The van der Waals surface area contributed by atoms with Crippen molar-refractivity contribution in [3.05, 3.63) is 17.0 Å². The van der Waals surface area contributed by atoms with Crippen LogP contribution in [0.5, 0.6) is 0 Å². The molecule has 0 spiro atoms. The summed E-state index contributed by atoms with van der Waals surface area (Å²) in [5, 5.41) is 0. The van der Waals surface area contributed by atoms with Crippen LogP contribution in [0.1, 0.15) is 57.9 Å². The van der Waals surface area contributed by atoms with E-state index < -0.39 is 0 Å². The molecule has 3 heterocycles. The van der Waals surface area contributed by atoms with E-state index in [0.29, 0.717) is 0 Å². The van der Waals surface area contributed by atoms with Crippen molar-refractivity contribution in [1.82, 2.24) is 0 Å². The first kappa shape index (κ1) is 14.6. The minimum atomic E-state index is -0.275. The molecule has 2 aliphatic heterocycles. The normalized spacial score (nSPS) is 28.8. The molecule has 2 fully saturated rings. The van der Waals surface area contributed by atoms with Gasteiger partial charge in [0, 0.05) is 16.3 Å². The minimum absolute atomic E-state index is 0.248. The monoisotopic (exact) mass is 294 g/mol. The Bertz CT molecular complexity index is 461. The van der Waals surface area contributed by atoms with Crippen LogP contribution in [-0.4, -0.2) is 24.9 Å². The van der Waals surface area contributed by atoms with E-state index in [2.05, 4.69) is 39.8 Å². The average molecular weight is 294 g/mol. The predicted octanol–water partition coefficient (Wildman–Crippen LogP) is 3.29. The summed E-state index contributed by atoms with van der Waals surface area (Å²) >= 11 is 1.76. The Morgan fingerprint density at radius 3 is 2.40 bits per heavy atom. The second-order valence-electron chi connectivity index (χ2n) is 6.68. The Balaban J connectivity index is 1.74. The van der Waals surface area contributed by atoms with Crippen LogP contribution in [0.3, 0.4) is 0 Å². The van der Waals surface area contributed by atoms with Gasteiger partial charge in [-0.25, -0.2) is 0 Å². The SMILES string of the molecule is CC1(C)OB(c2ccc(C3CCCCO3)s2)OC1(C)C. The second-order valence-corrected chi connectivity index (χ2v) is 7.83. The quantitative estimate of drug-likeness (QED) is 0.783. The summed E-state index contributed by atoms with van der Waals surface area (Å²) in [5.74, 6) is 0. The summed E-state index contributed by atoms with van der Waals surface area (Å²) < 4.78 is 19.2. The van der Waals surface area contributed by atoms with Gasteiger partial charge in [-0.15, -0.1) is 11.3 Å². The third-order valence-electron chi connectivity index (χ3n) is 4.63. The highest BCUT2D eigenvalue weighted by Gasteiger charge is 2.52. The van der Waals surface area contributed by atoms with Crippen LogP contribution in [0.4, 0.5) is 0 Å². The van der Waals surface area contributed by atoms with E-state index in [1.54, 1.807) is 11.3 Å². The first-order chi connectivity index (χ1) is 9.39. The molecule has 110 valence electrons. The smallest absolute Gasteiger partial charge is 0.399 e. The maximum absolute atomic E-state index is 6.10. The summed E-state index contributed by atoms with van der Waals surface area (Å²) in [4.78, 5) is 1.30. The van der Waals surface area contributed by atoms with Crippen LogP contribution in [0.15, 0.2) is 12.1 Å². The van der Waals surface area contributed by atoms with E-state index in [1.807, 2.05) is 0 Å². The van der Waals surface area contributed by atoms with E-state index in [4.69, 9.17) is 14.0 Å². The lowest BCUT2D eigenvalue weighted by Crippen LogP contribution is -2.41. The molecule has 0 radical (unpaired) electrons. The van der Waals surface area contributed by atoms with Crippen LogP contribution in [0.2, 0.25) is 0 Å². The van der Waals surface area contributed by atoms with Crippen molar-refractivity contribution in [2.24, 2.45) is 0 Å². The molecule has 1 unspecified atom stereocenters. The fourth-order valence-electron chi connectivity index (χ4n) is 2.59. The van der Waals surface area contributed by atoms with Crippen LogP contribution in [-0.2, 0) is 14.0 Å². The minimum Gasteiger partial charge on any atom is -0.399 e. The summed E-state index contributed by atoms with van der Waals surface area (Å²) in [5.41, 5.74) is -0.549. The molecular formula is C15H23BO3S. The molecular weight excluding hydrogens is 271 g/mol. The second kappa shape index (κ2) is 5.13. The first-order valence-corrected chi connectivity index (χ1v) is 8.28. The molecule has 1 atom stereocenters. The van der Waals surface area contributed by atoms with Gasteiger partial charge in [-0.2, -0.15) is 0 Å². The Kier molecular flexibility index (Phi) is 3.74. The highest BCUT2D eigenvalue weighted by Crippen LogP contribution is 2.38. The van der Waals surface area contributed by atoms with Gasteiger partial charge in [0.25, 0.3) is 0 Å². The molecule has 20 heavy (non-hydrogen) atoms. The molecule has 2 aliphatic rings. The lowest BCUT2D eigenvalue weighted by atomic mass is 9.88. The zero-order chi connectivity index (χ0) is 14.4. The van der Waals surface area contributed by atoms with Crippen molar-refractivity contribution >= 4 is 23.2 Å². The lowest BCUT2D eigenvalue weighted by Gasteiger charge is -2.32. The van der Waals surface area contributed by atoms with Gasteiger partial charge in [0.1, 0.15) is 0 Å². The predicted molar refractivity (Wildman–Crippen MR) is 82.6 cm³/mol. The van der Waals surface area contributed by atoms with E-state index in [9.17, 15) is 0 Å². The zero-order valence-corrected chi connectivity index (χ0v) is 13.6. The van der Waals surface area contributed by atoms with Crippen molar-refractivity contribution in [1.29, 1.82) is 0 Å². The van der Waals surface area contributed by atoms with Gasteiger partial charge in [0.2, 0.25) is 0 Å². The Labute approximate surface area is 125 Å². The van der Waals surface area contributed by atoms with Crippen molar-refractivity contribution in [2.75, 3.05) is 6.61 Å². The van der Waals surface area contributed by atoms with Gasteiger partial charge in [-0.1, -0.05) is 6.07 Å². The van der Waals surface area contributed by atoms with E-state index in [1.165, 1.54) is 17.7 Å². The maximum Gasteiger partial charge on any atom is 0.505 e. The molecule has 0 aromatic carbocycles. The molecule has 5 heteroatoms. The zero-order valence-electron chi connectivity index (χ0n) is 12.8.